The lowest BCUT2D eigenvalue weighted by Crippen LogP contribution is -2.63. The number of likely N-dealkylation sites (tertiary alicyclic amines) is 1. The summed E-state index contributed by atoms with van der Waals surface area (Å²) in [6, 6.07) is 0.188. The van der Waals surface area contributed by atoms with Crippen LogP contribution in [0.5, 0.6) is 0 Å². The van der Waals surface area contributed by atoms with Crippen molar-refractivity contribution in [3.05, 3.63) is 0 Å². The minimum absolute atomic E-state index is 0.00429. The topological polar surface area (TPSA) is 78.9 Å². The van der Waals surface area contributed by atoms with E-state index in [1.54, 1.807) is 0 Å². The second kappa shape index (κ2) is 6.15. The first-order chi connectivity index (χ1) is 8.34. The van der Waals surface area contributed by atoms with Crippen LogP contribution < -0.4 is 5.32 Å². The van der Waals surface area contributed by atoms with Gasteiger partial charge in [-0.05, 0) is 20.3 Å². The van der Waals surface area contributed by atoms with Gasteiger partial charge in [0.25, 0.3) is 0 Å². The Balaban J connectivity index is 2.21. The molecule has 6 heteroatoms. The largest absolute Gasteiger partial charge is 0.480 e. The van der Waals surface area contributed by atoms with Crippen molar-refractivity contribution in [1.29, 1.82) is 0 Å². The highest BCUT2D eigenvalue weighted by Crippen LogP contribution is 2.23. The molecule has 0 aromatic heterocycles. The predicted octanol–water partition coefficient (Wildman–Crippen LogP) is 0.0766. The molecular formula is C12H22N2O4. The van der Waals surface area contributed by atoms with E-state index in [0.29, 0.717) is 19.6 Å². The normalized spacial score (nSPS) is 19.9. The van der Waals surface area contributed by atoms with Gasteiger partial charge in [0.2, 0.25) is 5.91 Å². The maximum absolute atomic E-state index is 11.6. The molecule has 1 atom stereocenters. The Morgan fingerprint density at radius 3 is 2.61 bits per heavy atom. The number of hydrogen-bond donors (Lipinski definition) is 2. The first-order valence-corrected chi connectivity index (χ1v) is 6.22. The second-order valence-electron chi connectivity index (χ2n) is 5.15. The lowest BCUT2D eigenvalue weighted by Gasteiger charge is -2.47. The number of nitrogens with one attached hydrogen (secondary N) is 1. The Kier molecular flexibility index (Phi) is 5.10. The Morgan fingerprint density at radius 2 is 2.11 bits per heavy atom. The van der Waals surface area contributed by atoms with Gasteiger partial charge in [0.1, 0.15) is 6.61 Å². The standard InChI is InChI=1S/C12H22N2O4/c1-4-9(2)13-10(15)5-14-7-12(3,8-14)18-6-11(16)17/h9H,4-8H2,1-3H3,(H,13,15)(H,16,17). The molecule has 0 aromatic rings. The average molecular weight is 258 g/mol. The smallest absolute Gasteiger partial charge is 0.329 e. The van der Waals surface area contributed by atoms with Gasteiger partial charge in [-0.15, -0.1) is 0 Å². The lowest BCUT2D eigenvalue weighted by atomic mass is 9.96. The molecule has 1 aliphatic rings. The molecule has 0 bridgehead atoms. The van der Waals surface area contributed by atoms with Crippen molar-refractivity contribution in [3.8, 4) is 0 Å². The number of hydrogen-bond acceptors (Lipinski definition) is 4. The average Bonchev–Trinajstić information content (AvgIpc) is 2.24. The summed E-state index contributed by atoms with van der Waals surface area (Å²) in [4.78, 5) is 23.9. The lowest BCUT2D eigenvalue weighted by molar-refractivity contribution is -0.166. The van der Waals surface area contributed by atoms with Crippen LogP contribution in [-0.4, -0.2) is 59.8 Å². The molecule has 1 saturated heterocycles. The van der Waals surface area contributed by atoms with Crippen molar-refractivity contribution in [3.63, 3.8) is 0 Å². The molecule has 0 saturated carbocycles. The molecule has 104 valence electrons. The van der Waals surface area contributed by atoms with Crippen LogP contribution in [0.3, 0.4) is 0 Å². The molecule has 0 spiro atoms. The second-order valence-corrected chi connectivity index (χ2v) is 5.15. The molecule has 1 rings (SSSR count). The van der Waals surface area contributed by atoms with Gasteiger partial charge in [-0.25, -0.2) is 4.79 Å². The number of carboxylic acids is 1. The number of carboxylic acid groups (broad SMARTS) is 1. The summed E-state index contributed by atoms with van der Waals surface area (Å²) in [5.74, 6) is -0.964. The monoisotopic (exact) mass is 258 g/mol. The van der Waals surface area contributed by atoms with E-state index in [1.165, 1.54) is 0 Å². The third kappa shape index (κ3) is 4.62. The van der Waals surface area contributed by atoms with E-state index in [-0.39, 0.29) is 18.6 Å². The van der Waals surface area contributed by atoms with Gasteiger partial charge in [0.15, 0.2) is 0 Å². The molecule has 0 aliphatic carbocycles. The van der Waals surface area contributed by atoms with Gasteiger partial charge in [-0.1, -0.05) is 6.92 Å². The zero-order chi connectivity index (χ0) is 13.8. The molecule has 1 amide bonds. The quantitative estimate of drug-likeness (QED) is 0.676. The number of nitrogens with zero attached hydrogens (tertiary/aromatic N) is 1. The summed E-state index contributed by atoms with van der Waals surface area (Å²) in [6.07, 6.45) is 0.908. The molecule has 1 fully saturated rings. The van der Waals surface area contributed by atoms with Crippen molar-refractivity contribution in [1.82, 2.24) is 10.2 Å². The highest BCUT2D eigenvalue weighted by Gasteiger charge is 2.40. The van der Waals surface area contributed by atoms with E-state index >= 15 is 0 Å². The summed E-state index contributed by atoms with van der Waals surface area (Å²) in [5, 5.41) is 11.4. The predicted molar refractivity (Wildman–Crippen MR) is 66.3 cm³/mol. The fourth-order valence-corrected chi connectivity index (χ4v) is 1.96. The number of ether oxygens (including phenoxy) is 1. The van der Waals surface area contributed by atoms with E-state index in [1.807, 2.05) is 25.7 Å². The van der Waals surface area contributed by atoms with Crippen molar-refractivity contribution in [2.24, 2.45) is 0 Å². The number of aliphatic carboxylic acids is 1. The van der Waals surface area contributed by atoms with Gasteiger partial charge < -0.3 is 15.2 Å². The van der Waals surface area contributed by atoms with E-state index < -0.39 is 11.6 Å². The van der Waals surface area contributed by atoms with E-state index in [2.05, 4.69) is 5.32 Å². The SMILES string of the molecule is CCC(C)NC(=O)CN1CC(C)(OCC(=O)O)C1. The molecule has 1 aliphatic heterocycles. The minimum Gasteiger partial charge on any atom is -0.480 e. The first kappa shape index (κ1) is 14.9. The first-order valence-electron chi connectivity index (χ1n) is 6.22. The highest BCUT2D eigenvalue weighted by atomic mass is 16.5. The van der Waals surface area contributed by atoms with Gasteiger partial charge in [0, 0.05) is 19.1 Å². The Labute approximate surface area is 107 Å². The van der Waals surface area contributed by atoms with Crippen molar-refractivity contribution in [2.45, 2.75) is 38.8 Å². The van der Waals surface area contributed by atoms with Gasteiger partial charge in [0.05, 0.1) is 12.1 Å². The molecule has 1 heterocycles. The molecule has 0 aromatic carbocycles. The van der Waals surface area contributed by atoms with Crippen LogP contribution in [0.15, 0.2) is 0 Å². The number of carbonyl (C=O) groups excluding carboxylic acids is 1. The van der Waals surface area contributed by atoms with Crippen molar-refractivity contribution in [2.75, 3.05) is 26.2 Å². The Morgan fingerprint density at radius 1 is 1.50 bits per heavy atom. The van der Waals surface area contributed by atoms with Crippen LogP contribution in [0.4, 0.5) is 0 Å². The molecule has 0 radical (unpaired) electrons. The van der Waals surface area contributed by atoms with Crippen molar-refractivity contribution >= 4 is 11.9 Å². The molecular weight excluding hydrogens is 236 g/mol. The molecule has 2 N–H and O–H groups in total. The maximum atomic E-state index is 11.6. The summed E-state index contributed by atoms with van der Waals surface area (Å²) < 4.78 is 5.27. The van der Waals surface area contributed by atoms with Gasteiger partial charge in [-0.3, -0.25) is 9.69 Å². The number of amides is 1. The van der Waals surface area contributed by atoms with E-state index in [4.69, 9.17) is 9.84 Å². The third-order valence-corrected chi connectivity index (χ3v) is 3.05. The summed E-state index contributed by atoms with van der Waals surface area (Å²) in [7, 11) is 0. The fourth-order valence-electron chi connectivity index (χ4n) is 1.96. The zero-order valence-electron chi connectivity index (χ0n) is 11.2. The van der Waals surface area contributed by atoms with Crippen LogP contribution in [0.1, 0.15) is 27.2 Å². The van der Waals surface area contributed by atoms with Gasteiger partial charge in [-0.2, -0.15) is 0 Å². The van der Waals surface area contributed by atoms with Crippen LogP contribution in [0.2, 0.25) is 0 Å². The summed E-state index contributed by atoms with van der Waals surface area (Å²) >= 11 is 0. The molecule has 18 heavy (non-hydrogen) atoms. The van der Waals surface area contributed by atoms with Crippen molar-refractivity contribution < 1.29 is 19.4 Å². The fraction of sp³-hybridized carbons (Fsp3) is 0.833. The van der Waals surface area contributed by atoms with Crippen LogP contribution in [0.25, 0.3) is 0 Å². The third-order valence-electron chi connectivity index (χ3n) is 3.05. The Bertz CT molecular complexity index is 313. The van der Waals surface area contributed by atoms with Crippen LogP contribution in [0, 0.1) is 0 Å². The minimum atomic E-state index is -0.968. The molecule has 1 unspecified atom stereocenters. The van der Waals surface area contributed by atoms with Gasteiger partial charge >= 0.3 is 5.97 Å². The van der Waals surface area contributed by atoms with Crippen LogP contribution in [-0.2, 0) is 14.3 Å². The Hall–Kier alpha value is -1.14. The van der Waals surface area contributed by atoms with Crippen LogP contribution >= 0.6 is 0 Å². The highest BCUT2D eigenvalue weighted by molar-refractivity contribution is 5.78. The summed E-state index contributed by atoms with van der Waals surface area (Å²) in [6.45, 7) is 7.08. The number of rotatable bonds is 7. The molecule has 6 nitrogen and oxygen atoms in total. The zero-order valence-corrected chi connectivity index (χ0v) is 11.2. The number of carbonyl (C=O) groups is 2. The maximum Gasteiger partial charge on any atom is 0.329 e. The van der Waals surface area contributed by atoms with E-state index in [9.17, 15) is 9.59 Å². The summed E-state index contributed by atoms with van der Waals surface area (Å²) in [5.41, 5.74) is -0.435. The van der Waals surface area contributed by atoms with E-state index in [0.717, 1.165) is 6.42 Å².